The number of hydrogen-bond acceptors (Lipinski definition) is 4. The molecule has 0 bridgehead atoms. The van der Waals surface area contributed by atoms with Crippen molar-refractivity contribution in [3.8, 4) is 10.4 Å². The number of carbonyl (C=O) groups is 1. The van der Waals surface area contributed by atoms with E-state index in [2.05, 4.69) is 5.32 Å². The van der Waals surface area contributed by atoms with Crippen molar-refractivity contribution in [2.45, 2.75) is 18.9 Å². The van der Waals surface area contributed by atoms with Gasteiger partial charge in [-0.25, -0.2) is 4.39 Å². The number of benzene rings is 1. The molecule has 1 amide bonds. The Bertz CT molecular complexity index is 699. The van der Waals surface area contributed by atoms with Crippen LogP contribution in [0.1, 0.15) is 22.5 Å². The van der Waals surface area contributed by atoms with E-state index >= 15 is 0 Å². The van der Waals surface area contributed by atoms with Crippen LogP contribution < -0.4 is 5.32 Å². The van der Waals surface area contributed by atoms with E-state index in [4.69, 9.17) is 4.74 Å². The summed E-state index contributed by atoms with van der Waals surface area (Å²) in [5, 5.41) is 12.5. The summed E-state index contributed by atoms with van der Waals surface area (Å²) in [6, 6.07) is 9.87. The Morgan fingerprint density at radius 3 is 2.88 bits per heavy atom. The number of carbonyl (C=O) groups excluding carboxylic acids is 1. The van der Waals surface area contributed by atoms with Crippen LogP contribution >= 0.6 is 11.3 Å². The molecule has 0 spiro atoms. The van der Waals surface area contributed by atoms with Crippen molar-refractivity contribution < 1.29 is 19.0 Å². The Morgan fingerprint density at radius 2 is 2.12 bits per heavy atom. The van der Waals surface area contributed by atoms with Crippen molar-refractivity contribution >= 4 is 17.2 Å². The monoisotopic (exact) mass is 349 g/mol. The van der Waals surface area contributed by atoms with E-state index in [0.717, 1.165) is 0 Å². The molecule has 0 radical (unpaired) electrons. The molecule has 1 aromatic heterocycles. The largest absolute Gasteiger partial charge is 0.389 e. The highest BCUT2D eigenvalue weighted by Gasteiger charge is 2.21. The van der Waals surface area contributed by atoms with Gasteiger partial charge in [0.05, 0.1) is 17.6 Å². The van der Waals surface area contributed by atoms with Gasteiger partial charge in [0.25, 0.3) is 5.91 Å². The van der Waals surface area contributed by atoms with Gasteiger partial charge in [0.15, 0.2) is 0 Å². The first-order chi connectivity index (χ1) is 11.6. The standard InChI is InChI=1S/C18H20FNO3S/c19-15-4-2-1-3-14(15)16-7-8-17(24-16)18(22)20-9-13(21)11-23-10-12-5-6-12/h1-4,7-8,12-13,21H,5-6,9-11H2,(H,20,22). The van der Waals surface area contributed by atoms with Crippen LogP contribution in [0.3, 0.4) is 0 Å². The van der Waals surface area contributed by atoms with E-state index in [0.29, 0.717) is 27.8 Å². The lowest BCUT2D eigenvalue weighted by Crippen LogP contribution is -2.34. The van der Waals surface area contributed by atoms with E-state index in [-0.39, 0.29) is 24.9 Å². The van der Waals surface area contributed by atoms with Gasteiger partial charge in [0.1, 0.15) is 5.82 Å². The molecule has 6 heteroatoms. The zero-order valence-corrected chi connectivity index (χ0v) is 14.0. The number of hydrogen-bond donors (Lipinski definition) is 2. The summed E-state index contributed by atoms with van der Waals surface area (Å²) in [5.74, 6) is 0.0630. The lowest BCUT2D eigenvalue weighted by atomic mass is 10.2. The third-order valence-electron chi connectivity index (χ3n) is 3.83. The summed E-state index contributed by atoms with van der Waals surface area (Å²) in [4.78, 5) is 13.3. The van der Waals surface area contributed by atoms with Crippen molar-refractivity contribution in [3.05, 3.63) is 47.1 Å². The molecule has 0 saturated heterocycles. The average Bonchev–Trinajstić information content (AvgIpc) is 3.27. The SMILES string of the molecule is O=C(NCC(O)COCC1CC1)c1ccc(-c2ccccc2F)s1. The maximum absolute atomic E-state index is 13.8. The van der Waals surface area contributed by atoms with Gasteiger partial charge in [-0.1, -0.05) is 18.2 Å². The average molecular weight is 349 g/mol. The predicted molar refractivity (Wildman–Crippen MR) is 91.6 cm³/mol. The molecule has 1 aromatic carbocycles. The van der Waals surface area contributed by atoms with Crippen LogP contribution in [0.5, 0.6) is 0 Å². The fourth-order valence-corrected chi connectivity index (χ4v) is 3.23. The topological polar surface area (TPSA) is 58.6 Å². The molecule has 24 heavy (non-hydrogen) atoms. The smallest absolute Gasteiger partial charge is 0.261 e. The second-order valence-corrected chi connectivity index (χ2v) is 7.07. The number of thiophene rings is 1. The summed E-state index contributed by atoms with van der Waals surface area (Å²) in [5.41, 5.74) is 0.482. The van der Waals surface area contributed by atoms with E-state index in [1.165, 1.54) is 30.2 Å². The van der Waals surface area contributed by atoms with Crippen LogP contribution in [0.4, 0.5) is 4.39 Å². The van der Waals surface area contributed by atoms with Crippen LogP contribution in [0.15, 0.2) is 36.4 Å². The number of amides is 1. The summed E-state index contributed by atoms with van der Waals surface area (Å²) < 4.78 is 19.2. The third-order valence-corrected chi connectivity index (χ3v) is 4.95. The molecule has 128 valence electrons. The first-order valence-electron chi connectivity index (χ1n) is 8.02. The highest BCUT2D eigenvalue weighted by molar-refractivity contribution is 7.17. The van der Waals surface area contributed by atoms with Gasteiger partial charge in [-0.15, -0.1) is 11.3 Å². The lowest BCUT2D eigenvalue weighted by Gasteiger charge is -2.11. The van der Waals surface area contributed by atoms with Gasteiger partial charge in [-0.05, 0) is 37.0 Å². The predicted octanol–water partition coefficient (Wildman–Crippen LogP) is 3.07. The van der Waals surface area contributed by atoms with E-state index in [9.17, 15) is 14.3 Å². The number of aliphatic hydroxyl groups excluding tert-OH is 1. The Kier molecular flexibility index (Phi) is 5.60. The third kappa shape index (κ3) is 4.63. The van der Waals surface area contributed by atoms with Crippen molar-refractivity contribution in [2.24, 2.45) is 5.92 Å². The Balaban J connectivity index is 1.49. The molecule has 2 N–H and O–H groups in total. The van der Waals surface area contributed by atoms with Crippen molar-refractivity contribution in [1.82, 2.24) is 5.32 Å². The molecule has 1 fully saturated rings. The van der Waals surface area contributed by atoms with Crippen molar-refractivity contribution in [1.29, 1.82) is 0 Å². The molecule has 1 atom stereocenters. The number of nitrogens with one attached hydrogen (secondary N) is 1. The van der Waals surface area contributed by atoms with Gasteiger partial charge in [0.2, 0.25) is 0 Å². The molecule has 1 saturated carbocycles. The number of aliphatic hydroxyl groups is 1. The molecule has 1 aliphatic rings. The van der Waals surface area contributed by atoms with Crippen LogP contribution in [-0.4, -0.2) is 36.9 Å². The summed E-state index contributed by atoms with van der Waals surface area (Å²) in [6.45, 7) is 1.04. The normalized spacial score (nSPS) is 15.2. The molecule has 2 aromatic rings. The minimum atomic E-state index is -0.723. The molecule has 0 aliphatic heterocycles. The van der Waals surface area contributed by atoms with Crippen molar-refractivity contribution in [3.63, 3.8) is 0 Å². The minimum Gasteiger partial charge on any atom is -0.389 e. The molecule has 4 nitrogen and oxygen atoms in total. The summed E-state index contributed by atoms with van der Waals surface area (Å²) in [7, 11) is 0. The second kappa shape index (κ2) is 7.88. The Morgan fingerprint density at radius 1 is 1.33 bits per heavy atom. The highest BCUT2D eigenvalue weighted by atomic mass is 32.1. The van der Waals surface area contributed by atoms with E-state index in [1.54, 1.807) is 30.3 Å². The zero-order chi connectivity index (χ0) is 16.9. The Labute approximate surface area is 144 Å². The van der Waals surface area contributed by atoms with Crippen LogP contribution in [-0.2, 0) is 4.74 Å². The van der Waals surface area contributed by atoms with Gasteiger partial charge in [0, 0.05) is 23.6 Å². The Hall–Kier alpha value is -1.76. The highest BCUT2D eigenvalue weighted by Crippen LogP contribution is 2.30. The van der Waals surface area contributed by atoms with Crippen LogP contribution in [0, 0.1) is 11.7 Å². The first kappa shape index (κ1) is 17.1. The second-order valence-electron chi connectivity index (χ2n) is 5.99. The summed E-state index contributed by atoms with van der Waals surface area (Å²) in [6.07, 6.45) is 1.68. The minimum absolute atomic E-state index is 0.135. The quantitative estimate of drug-likeness (QED) is 0.770. The molecule has 1 aliphatic carbocycles. The molecular weight excluding hydrogens is 329 g/mol. The van der Waals surface area contributed by atoms with Gasteiger partial charge in [-0.3, -0.25) is 4.79 Å². The van der Waals surface area contributed by atoms with Gasteiger partial charge >= 0.3 is 0 Å². The zero-order valence-electron chi connectivity index (χ0n) is 13.2. The van der Waals surface area contributed by atoms with Crippen LogP contribution in [0.25, 0.3) is 10.4 Å². The fourth-order valence-electron chi connectivity index (χ4n) is 2.28. The molecule has 3 rings (SSSR count). The number of halogens is 1. The van der Waals surface area contributed by atoms with E-state index < -0.39 is 6.10 Å². The number of rotatable bonds is 8. The summed E-state index contributed by atoms with van der Waals surface area (Å²) >= 11 is 1.23. The fraction of sp³-hybridized carbons (Fsp3) is 0.389. The molecular formula is C18H20FNO3S. The molecule has 1 heterocycles. The van der Waals surface area contributed by atoms with Gasteiger partial charge < -0.3 is 15.2 Å². The molecule has 1 unspecified atom stereocenters. The lowest BCUT2D eigenvalue weighted by molar-refractivity contribution is 0.0321. The van der Waals surface area contributed by atoms with Gasteiger partial charge in [-0.2, -0.15) is 0 Å². The van der Waals surface area contributed by atoms with Crippen molar-refractivity contribution in [2.75, 3.05) is 19.8 Å². The maximum atomic E-state index is 13.8. The maximum Gasteiger partial charge on any atom is 0.261 e. The van der Waals surface area contributed by atoms with Crippen LogP contribution in [0.2, 0.25) is 0 Å². The number of ether oxygens (including phenoxy) is 1. The van der Waals surface area contributed by atoms with E-state index in [1.807, 2.05) is 0 Å². The first-order valence-corrected chi connectivity index (χ1v) is 8.84.